The fraction of sp³-hybridized carbons (Fsp3) is 0.200. The number of benzene rings is 3. The summed E-state index contributed by atoms with van der Waals surface area (Å²) in [4.78, 5) is 28.4. The van der Waals surface area contributed by atoms with Crippen molar-refractivity contribution in [1.29, 1.82) is 0 Å². The maximum atomic E-state index is 13.2. The summed E-state index contributed by atoms with van der Waals surface area (Å²) in [5.41, 5.74) is 3.09. The van der Waals surface area contributed by atoms with E-state index in [4.69, 9.17) is 4.98 Å². The van der Waals surface area contributed by atoms with E-state index in [0.717, 1.165) is 21.9 Å². The van der Waals surface area contributed by atoms with E-state index in [9.17, 15) is 14.9 Å². The number of hydrogen-bond acceptors (Lipinski definition) is 4. The number of para-hydroxylation sites is 2. The SMILES string of the molecule is CC(NC(=O)c1cccc2cc3ccccc3nc12)[N+](C)(C)Cc1ccc([N+](=O)[O-])cc1. The molecule has 3 aromatic carbocycles. The summed E-state index contributed by atoms with van der Waals surface area (Å²) >= 11 is 0. The lowest BCUT2D eigenvalue weighted by Gasteiger charge is -2.36. The number of carbonyl (C=O) groups excluding carboxylic acids is 1. The minimum absolute atomic E-state index is 0.0661. The largest absolute Gasteiger partial charge is 0.305 e. The third-order valence-electron chi connectivity index (χ3n) is 5.92. The fourth-order valence-electron chi connectivity index (χ4n) is 3.76. The van der Waals surface area contributed by atoms with E-state index in [1.54, 1.807) is 18.2 Å². The number of hydrogen-bond donors (Lipinski definition) is 1. The molecule has 1 atom stereocenters. The number of carbonyl (C=O) groups is 1. The van der Waals surface area contributed by atoms with E-state index in [-0.39, 0.29) is 17.8 Å². The molecule has 4 rings (SSSR count). The predicted octanol–water partition coefficient (Wildman–Crippen LogP) is 4.65. The molecule has 4 aromatic rings. The van der Waals surface area contributed by atoms with Crippen molar-refractivity contribution in [1.82, 2.24) is 10.3 Å². The first-order valence-electron chi connectivity index (χ1n) is 10.4. The van der Waals surface area contributed by atoms with Crippen LogP contribution in [0.3, 0.4) is 0 Å². The summed E-state index contributed by atoms with van der Waals surface area (Å²) in [7, 11) is 4.03. The van der Waals surface area contributed by atoms with Crippen molar-refractivity contribution in [3.63, 3.8) is 0 Å². The van der Waals surface area contributed by atoms with Gasteiger partial charge in [0.05, 0.1) is 35.6 Å². The van der Waals surface area contributed by atoms with Crippen LogP contribution in [0.25, 0.3) is 21.8 Å². The molecule has 0 bridgehead atoms. The molecule has 0 saturated heterocycles. The van der Waals surface area contributed by atoms with Gasteiger partial charge in [0.25, 0.3) is 11.6 Å². The van der Waals surface area contributed by atoms with Crippen LogP contribution in [0.1, 0.15) is 22.8 Å². The van der Waals surface area contributed by atoms with Crippen molar-refractivity contribution in [3.8, 4) is 0 Å². The summed E-state index contributed by atoms with van der Waals surface area (Å²) in [5, 5.41) is 15.9. The zero-order valence-corrected chi connectivity index (χ0v) is 18.3. The molecule has 0 saturated carbocycles. The van der Waals surface area contributed by atoms with E-state index in [1.807, 2.05) is 63.5 Å². The van der Waals surface area contributed by atoms with Gasteiger partial charge in [-0.25, -0.2) is 4.98 Å². The monoisotopic (exact) mass is 429 g/mol. The van der Waals surface area contributed by atoms with Gasteiger partial charge in [0.2, 0.25) is 0 Å². The summed E-state index contributed by atoms with van der Waals surface area (Å²) < 4.78 is 0.477. The Balaban J connectivity index is 1.55. The molecule has 1 aromatic heterocycles. The molecule has 1 heterocycles. The predicted molar refractivity (Wildman–Crippen MR) is 125 cm³/mol. The Morgan fingerprint density at radius 3 is 2.44 bits per heavy atom. The van der Waals surface area contributed by atoms with Crippen LogP contribution in [0.2, 0.25) is 0 Å². The van der Waals surface area contributed by atoms with Crippen LogP contribution in [-0.4, -0.2) is 40.6 Å². The minimum atomic E-state index is -0.409. The van der Waals surface area contributed by atoms with E-state index >= 15 is 0 Å². The van der Waals surface area contributed by atoms with Gasteiger partial charge in [-0.05, 0) is 30.3 Å². The van der Waals surface area contributed by atoms with Gasteiger partial charge >= 0.3 is 0 Å². The number of nitro groups is 1. The van der Waals surface area contributed by atoms with Crippen LogP contribution >= 0.6 is 0 Å². The summed E-state index contributed by atoms with van der Waals surface area (Å²) in [6.45, 7) is 2.56. The zero-order valence-electron chi connectivity index (χ0n) is 18.3. The molecule has 7 nitrogen and oxygen atoms in total. The number of aromatic nitrogens is 1. The number of non-ortho nitro benzene ring substituents is 1. The summed E-state index contributed by atoms with van der Waals surface area (Å²) in [5.74, 6) is -0.180. The lowest BCUT2D eigenvalue weighted by molar-refractivity contribution is -0.928. The molecule has 7 heteroatoms. The number of nitro benzene ring substituents is 1. The van der Waals surface area contributed by atoms with Crippen LogP contribution in [0, 0.1) is 10.1 Å². The van der Waals surface area contributed by atoms with Crippen LogP contribution in [-0.2, 0) is 6.54 Å². The summed E-state index contributed by atoms with van der Waals surface area (Å²) in [6, 6.07) is 22.1. The quantitative estimate of drug-likeness (QED) is 0.159. The molecule has 0 radical (unpaired) electrons. The minimum Gasteiger partial charge on any atom is -0.305 e. The third-order valence-corrected chi connectivity index (χ3v) is 5.92. The average Bonchev–Trinajstić information content (AvgIpc) is 2.77. The number of pyridine rings is 1. The number of nitrogens with one attached hydrogen (secondary N) is 1. The second kappa shape index (κ2) is 8.36. The molecule has 0 aliphatic carbocycles. The molecule has 1 N–H and O–H groups in total. The Bertz CT molecular complexity index is 1320. The molecule has 0 aliphatic heterocycles. The maximum Gasteiger partial charge on any atom is 0.269 e. The molecule has 0 fully saturated rings. The Hall–Kier alpha value is -3.84. The summed E-state index contributed by atoms with van der Waals surface area (Å²) in [6.07, 6.45) is -0.201. The average molecular weight is 430 g/mol. The zero-order chi connectivity index (χ0) is 22.9. The second-order valence-corrected chi connectivity index (χ2v) is 8.57. The Labute approximate surface area is 186 Å². The van der Waals surface area contributed by atoms with Gasteiger partial charge in [0, 0.05) is 35.4 Å². The van der Waals surface area contributed by atoms with Crippen molar-refractivity contribution in [2.24, 2.45) is 0 Å². The molecule has 0 aliphatic rings. The Kier molecular flexibility index (Phi) is 5.59. The first-order valence-corrected chi connectivity index (χ1v) is 10.4. The molecule has 1 unspecified atom stereocenters. The number of amides is 1. The maximum absolute atomic E-state index is 13.2. The van der Waals surface area contributed by atoms with Crippen LogP contribution < -0.4 is 5.32 Å². The number of quaternary nitrogens is 1. The molecular weight excluding hydrogens is 404 g/mol. The van der Waals surface area contributed by atoms with Gasteiger partial charge in [-0.1, -0.05) is 30.3 Å². The molecule has 1 amide bonds. The van der Waals surface area contributed by atoms with Crippen molar-refractivity contribution >= 4 is 33.4 Å². The first kappa shape index (κ1) is 21.4. The standard InChI is InChI=1S/C25H24N4O3/c1-17(29(2,3)16-18-11-13-21(14-12-18)28(31)32)26-25(30)22-9-6-8-20-15-19-7-4-5-10-23(19)27-24(20)22/h4-15,17H,16H2,1-3H3/p+1. The second-order valence-electron chi connectivity index (χ2n) is 8.57. The van der Waals surface area contributed by atoms with E-state index in [0.29, 0.717) is 22.1 Å². The molecule has 162 valence electrons. The van der Waals surface area contributed by atoms with E-state index < -0.39 is 4.92 Å². The molecule has 32 heavy (non-hydrogen) atoms. The van der Waals surface area contributed by atoms with E-state index in [1.165, 1.54) is 12.1 Å². The normalized spacial score (nSPS) is 12.6. The fourth-order valence-corrected chi connectivity index (χ4v) is 3.76. The first-order chi connectivity index (χ1) is 15.2. The van der Waals surface area contributed by atoms with Gasteiger partial charge in [-0.2, -0.15) is 0 Å². The number of nitrogens with zero attached hydrogens (tertiary/aromatic N) is 3. The highest BCUT2D eigenvalue weighted by atomic mass is 16.6. The Morgan fingerprint density at radius 2 is 1.72 bits per heavy atom. The van der Waals surface area contributed by atoms with E-state index in [2.05, 4.69) is 5.32 Å². The van der Waals surface area contributed by atoms with Gasteiger partial charge in [0.1, 0.15) is 6.54 Å². The lowest BCUT2D eigenvalue weighted by Crippen LogP contribution is -2.55. The van der Waals surface area contributed by atoms with Crippen LogP contribution in [0.4, 0.5) is 5.69 Å². The lowest BCUT2D eigenvalue weighted by atomic mass is 10.1. The van der Waals surface area contributed by atoms with Crippen molar-refractivity contribution in [2.45, 2.75) is 19.6 Å². The van der Waals surface area contributed by atoms with Crippen molar-refractivity contribution < 1.29 is 14.2 Å². The van der Waals surface area contributed by atoms with Crippen LogP contribution in [0.5, 0.6) is 0 Å². The number of rotatable bonds is 6. The van der Waals surface area contributed by atoms with Gasteiger partial charge in [-0.15, -0.1) is 0 Å². The van der Waals surface area contributed by atoms with Crippen LogP contribution in [0.15, 0.2) is 72.8 Å². The third kappa shape index (κ3) is 4.29. The highest BCUT2D eigenvalue weighted by Crippen LogP contribution is 2.23. The van der Waals surface area contributed by atoms with Gasteiger partial charge < -0.3 is 9.80 Å². The smallest absolute Gasteiger partial charge is 0.269 e. The molecule has 0 spiro atoms. The Morgan fingerprint density at radius 1 is 1.03 bits per heavy atom. The van der Waals surface area contributed by atoms with Gasteiger partial charge in [0.15, 0.2) is 6.17 Å². The van der Waals surface area contributed by atoms with Crippen molar-refractivity contribution in [3.05, 3.63) is 94.0 Å². The van der Waals surface area contributed by atoms with Crippen molar-refractivity contribution in [2.75, 3.05) is 14.1 Å². The highest BCUT2D eigenvalue weighted by Gasteiger charge is 2.27. The molecular formula is C25H25N4O3+. The van der Waals surface area contributed by atoms with Gasteiger partial charge in [-0.3, -0.25) is 14.9 Å². The number of fused-ring (bicyclic) bond motifs is 2. The highest BCUT2D eigenvalue weighted by molar-refractivity contribution is 6.07. The topological polar surface area (TPSA) is 85.1 Å².